The predicted molar refractivity (Wildman–Crippen MR) is 66.0 cm³/mol. The van der Waals surface area contributed by atoms with Crippen LogP contribution < -0.4 is 0 Å². The zero-order valence-corrected chi connectivity index (χ0v) is 10.1. The van der Waals surface area contributed by atoms with Gasteiger partial charge in [-0.05, 0) is 43.7 Å². The molecule has 1 rings (SSSR count). The summed E-state index contributed by atoms with van der Waals surface area (Å²) in [5, 5.41) is 0. The van der Waals surface area contributed by atoms with Crippen molar-refractivity contribution in [1.82, 2.24) is 0 Å². The molecule has 1 aromatic carbocycles. The number of benzene rings is 1. The molecule has 0 unspecified atom stereocenters. The van der Waals surface area contributed by atoms with Gasteiger partial charge in [0.1, 0.15) is 0 Å². The number of aryl methyl sites for hydroxylation is 1. The number of hydrogen-bond acceptors (Lipinski definition) is 1. The van der Waals surface area contributed by atoms with Crippen LogP contribution >= 0.6 is 11.8 Å². The van der Waals surface area contributed by atoms with Crippen molar-refractivity contribution >= 4 is 11.8 Å². The Balaban J connectivity index is 2.55. The van der Waals surface area contributed by atoms with Gasteiger partial charge in [0.2, 0.25) is 0 Å². The molecule has 0 saturated carbocycles. The Hall–Kier alpha value is -0.760. The summed E-state index contributed by atoms with van der Waals surface area (Å²) in [5.74, 6) is 0. The molecule has 0 nitrogen and oxygen atoms in total. The molecule has 0 saturated heterocycles. The van der Waals surface area contributed by atoms with E-state index in [4.69, 9.17) is 0 Å². The fourth-order valence-corrected chi connectivity index (χ4v) is 2.19. The number of alkyl halides is 1. The van der Waals surface area contributed by atoms with Crippen LogP contribution in [0.3, 0.4) is 0 Å². The molecule has 0 aliphatic heterocycles. The van der Waals surface area contributed by atoms with E-state index in [0.717, 1.165) is 6.42 Å². The maximum atomic E-state index is 12.0. The van der Waals surface area contributed by atoms with Crippen molar-refractivity contribution in [3.05, 3.63) is 40.8 Å². The molecule has 0 spiro atoms. The average Bonchev–Trinajstić information content (AvgIpc) is 2.27. The zero-order valence-electron chi connectivity index (χ0n) is 9.29. The first-order valence-electron chi connectivity index (χ1n) is 5.22. The lowest BCUT2D eigenvalue weighted by molar-refractivity contribution is 0.475. The Morgan fingerprint density at radius 2 is 2.00 bits per heavy atom. The second kappa shape index (κ2) is 6.67. The molecule has 0 atom stereocenters. The van der Waals surface area contributed by atoms with Crippen LogP contribution in [0.1, 0.15) is 25.3 Å². The minimum Gasteiger partial charge on any atom is -0.251 e. The molecule has 0 N–H and O–H groups in total. The van der Waals surface area contributed by atoms with Gasteiger partial charge in [-0.1, -0.05) is 35.5 Å². The number of rotatable bonds is 5. The van der Waals surface area contributed by atoms with Gasteiger partial charge in [0.05, 0.1) is 6.67 Å². The van der Waals surface area contributed by atoms with Gasteiger partial charge in [-0.15, -0.1) is 0 Å². The first-order valence-corrected chi connectivity index (χ1v) is 6.03. The summed E-state index contributed by atoms with van der Waals surface area (Å²) in [7, 11) is 0. The van der Waals surface area contributed by atoms with Gasteiger partial charge in [0.15, 0.2) is 0 Å². The molecule has 0 aliphatic carbocycles. The summed E-state index contributed by atoms with van der Waals surface area (Å²) >= 11 is 1.73. The molecule has 0 heterocycles. The topological polar surface area (TPSA) is 0 Å². The van der Waals surface area contributed by atoms with E-state index in [-0.39, 0.29) is 6.67 Å². The predicted octanol–water partition coefficient (Wildman–Crippen LogP) is 4.74. The summed E-state index contributed by atoms with van der Waals surface area (Å²) in [6, 6.07) is 8.42. The molecule has 0 aromatic heterocycles. The van der Waals surface area contributed by atoms with Gasteiger partial charge >= 0.3 is 0 Å². The van der Waals surface area contributed by atoms with E-state index in [9.17, 15) is 4.39 Å². The monoisotopic (exact) mass is 224 g/mol. The van der Waals surface area contributed by atoms with Crippen molar-refractivity contribution in [3.8, 4) is 0 Å². The van der Waals surface area contributed by atoms with E-state index in [0.29, 0.717) is 6.42 Å². The summed E-state index contributed by atoms with van der Waals surface area (Å²) < 4.78 is 12.0. The van der Waals surface area contributed by atoms with Crippen LogP contribution in [0.5, 0.6) is 0 Å². The molecule has 0 fully saturated rings. The Morgan fingerprint density at radius 1 is 1.33 bits per heavy atom. The van der Waals surface area contributed by atoms with Crippen molar-refractivity contribution < 1.29 is 4.39 Å². The molecule has 2 heteroatoms. The maximum absolute atomic E-state index is 12.0. The summed E-state index contributed by atoms with van der Waals surface area (Å²) in [4.78, 5) is 2.48. The summed E-state index contributed by atoms with van der Waals surface area (Å²) in [6.07, 6.45) is 3.53. The highest BCUT2D eigenvalue weighted by Crippen LogP contribution is 2.29. The van der Waals surface area contributed by atoms with Gasteiger partial charge in [0, 0.05) is 4.90 Å². The number of thioether (sulfide) groups is 1. The van der Waals surface area contributed by atoms with E-state index in [1.165, 1.54) is 15.4 Å². The van der Waals surface area contributed by atoms with E-state index < -0.39 is 0 Å². The number of halogens is 1. The lowest BCUT2D eigenvalue weighted by Crippen LogP contribution is -1.82. The van der Waals surface area contributed by atoms with Crippen LogP contribution in [0, 0.1) is 6.92 Å². The van der Waals surface area contributed by atoms with Gasteiger partial charge in [-0.25, -0.2) is 0 Å². The minimum absolute atomic E-state index is 0.230. The highest BCUT2D eigenvalue weighted by Gasteiger charge is 1.99. The molecule has 1 aromatic rings. The summed E-state index contributed by atoms with van der Waals surface area (Å²) in [6.45, 7) is 3.86. The molecule has 82 valence electrons. The van der Waals surface area contributed by atoms with Crippen LogP contribution in [-0.2, 0) is 0 Å². The molecule has 0 amide bonds. The third-order valence-corrected chi connectivity index (χ3v) is 3.36. The van der Waals surface area contributed by atoms with E-state index in [1.807, 2.05) is 6.92 Å². The van der Waals surface area contributed by atoms with Crippen LogP contribution in [0.15, 0.2) is 40.1 Å². The highest BCUT2D eigenvalue weighted by molar-refractivity contribution is 8.03. The van der Waals surface area contributed by atoms with E-state index >= 15 is 0 Å². The molecular formula is C13H17FS. The average molecular weight is 224 g/mol. The van der Waals surface area contributed by atoms with E-state index in [1.54, 1.807) is 11.8 Å². The first-order chi connectivity index (χ1) is 7.26. The Bertz CT molecular complexity index is 314. The first kappa shape index (κ1) is 12.3. The Morgan fingerprint density at radius 3 is 2.53 bits per heavy atom. The normalized spacial score (nSPS) is 11.8. The van der Waals surface area contributed by atoms with Gasteiger partial charge < -0.3 is 0 Å². The maximum Gasteiger partial charge on any atom is 0.0897 e. The van der Waals surface area contributed by atoms with Gasteiger partial charge in [0.25, 0.3) is 0 Å². The highest BCUT2D eigenvalue weighted by atomic mass is 32.2. The largest absolute Gasteiger partial charge is 0.251 e. The zero-order chi connectivity index (χ0) is 11.1. The minimum atomic E-state index is -0.230. The van der Waals surface area contributed by atoms with Crippen molar-refractivity contribution in [3.63, 3.8) is 0 Å². The van der Waals surface area contributed by atoms with Crippen LogP contribution in [-0.4, -0.2) is 6.67 Å². The Labute approximate surface area is 95.6 Å². The molecule has 15 heavy (non-hydrogen) atoms. The summed E-state index contributed by atoms with van der Waals surface area (Å²) in [5.41, 5.74) is 1.27. The standard InChI is InChI=1S/C13H17FS/c1-3-12(5-4-10-14)15-13-8-6-11(2)7-9-13/h3,6-9H,4-5,10H2,1-2H3/b12-3+. The third kappa shape index (κ3) is 4.52. The fraction of sp³-hybridized carbons (Fsp3) is 0.385. The lowest BCUT2D eigenvalue weighted by atomic mass is 10.2. The second-order valence-corrected chi connectivity index (χ2v) is 4.66. The molecule has 0 radical (unpaired) electrons. The van der Waals surface area contributed by atoms with E-state index in [2.05, 4.69) is 37.3 Å². The van der Waals surface area contributed by atoms with Crippen LogP contribution in [0.2, 0.25) is 0 Å². The molecular weight excluding hydrogens is 207 g/mol. The quantitative estimate of drug-likeness (QED) is 0.651. The van der Waals surface area contributed by atoms with Crippen LogP contribution in [0.25, 0.3) is 0 Å². The SMILES string of the molecule is C/C=C(\CCCF)Sc1ccc(C)cc1. The van der Waals surface area contributed by atoms with Crippen molar-refractivity contribution in [1.29, 1.82) is 0 Å². The van der Waals surface area contributed by atoms with Crippen LogP contribution in [0.4, 0.5) is 4.39 Å². The molecule has 0 aliphatic rings. The Kier molecular flexibility index (Phi) is 5.48. The third-order valence-electron chi connectivity index (χ3n) is 2.15. The van der Waals surface area contributed by atoms with Gasteiger partial charge in [-0.2, -0.15) is 0 Å². The smallest absolute Gasteiger partial charge is 0.0897 e. The lowest BCUT2D eigenvalue weighted by Gasteiger charge is -2.05. The van der Waals surface area contributed by atoms with Crippen molar-refractivity contribution in [2.24, 2.45) is 0 Å². The molecule has 0 bridgehead atoms. The number of allylic oxidation sites excluding steroid dienone is 2. The van der Waals surface area contributed by atoms with Crippen molar-refractivity contribution in [2.45, 2.75) is 31.6 Å². The second-order valence-electron chi connectivity index (χ2n) is 3.46. The van der Waals surface area contributed by atoms with Crippen molar-refractivity contribution in [2.75, 3.05) is 6.67 Å². The number of hydrogen-bond donors (Lipinski definition) is 0. The van der Waals surface area contributed by atoms with Gasteiger partial charge in [-0.3, -0.25) is 4.39 Å². The fourth-order valence-electron chi connectivity index (χ4n) is 1.25.